The quantitative estimate of drug-likeness (QED) is 0.750. The van der Waals surface area contributed by atoms with Crippen LogP contribution in [0, 0.1) is 5.92 Å². The lowest BCUT2D eigenvalue weighted by Gasteiger charge is -2.36. The van der Waals surface area contributed by atoms with Crippen LogP contribution in [0.25, 0.3) is 0 Å². The van der Waals surface area contributed by atoms with Gasteiger partial charge < -0.3 is 4.90 Å². The van der Waals surface area contributed by atoms with E-state index < -0.39 is 0 Å². The highest BCUT2D eigenvalue weighted by molar-refractivity contribution is 7.99. The van der Waals surface area contributed by atoms with Gasteiger partial charge in [-0.15, -0.1) is 0 Å². The standard InChI is InChI=1S/C18H27N3OS/c1-2-8-23-14-18(22)21-12-16-5-6-17(21)13-20(11-16)10-15-4-3-7-19-9-15/h3-4,7,9,16-17H,2,5-6,8,10-14H2,1H3/t16-,17+/m0/s1. The molecule has 2 atom stereocenters. The van der Waals surface area contributed by atoms with Crippen molar-refractivity contribution in [3.8, 4) is 0 Å². The fraction of sp³-hybridized carbons (Fsp3) is 0.667. The van der Waals surface area contributed by atoms with Gasteiger partial charge in [0, 0.05) is 44.6 Å². The van der Waals surface area contributed by atoms with Crippen molar-refractivity contribution in [3.63, 3.8) is 0 Å². The lowest BCUT2D eigenvalue weighted by molar-refractivity contribution is -0.132. The topological polar surface area (TPSA) is 36.4 Å². The summed E-state index contributed by atoms with van der Waals surface area (Å²) in [4.78, 5) is 21.5. The molecular weight excluding hydrogens is 306 g/mol. The first-order valence-corrected chi connectivity index (χ1v) is 9.90. The first-order chi connectivity index (χ1) is 11.3. The van der Waals surface area contributed by atoms with E-state index in [1.807, 2.05) is 18.5 Å². The molecule has 126 valence electrons. The molecule has 4 rings (SSSR count). The molecule has 5 heteroatoms. The summed E-state index contributed by atoms with van der Waals surface area (Å²) >= 11 is 1.78. The molecule has 0 radical (unpaired) electrons. The number of pyridine rings is 1. The van der Waals surface area contributed by atoms with Crippen molar-refractivity contribution in [1.82, 2.24) is 14.8 Å². The van der Waals surface area contributed by atoms with Crippen LogP contribution in [0.5, 0.6) is 0 Å². The lowest BCUT2D eigenvalue weighted by atomic mass is 9.95. The number of piperidine rings is 1. The third-order valence-corrected chi connectivity index (χ3v) is 5.96. The molecule has 0 spiro atoms. The maximum Gasteiger partial charge on any atom is 0.232 e. The van der Waals surface area contributed by atoms with E-state index in [9.17, 15) is 4.79 Å². The van der Waals surface area contributed by atoms with E-state index in [2.05, 4.69) is 27.8 Å². The summed E-state index contributed by atoms with van der Waals surface area (Å²) in [5.41, 5.74) is 1.27. The summed E-state index contributed by atoms with van der Waals surface area (Å²) in [7, 11) is 0. The summed E-state index contributed by atoms with van der Waals surface area (Å²) in [6, 6.07) is 4.55. The van der Waals surface area contributed by atoms with Crippen molar-refractivity contribution in [1.29, 1.82) is 0 Å². The maximum absolute atomic E-state index is 12.6. The number of carbonyl (C=O) groups excluding carboxylic acids is 1. The molecule has 3 aliphatic heterocycles. The Morgan fingerprint density at radius 2 is 2.26 bits per heavy atom. The van der Waals surface area contributed by atoms with Crippen molar-refractivity contribution >= 4 is 17.7 Å². The van der Waals surface area contributed by atoms with E-state index in [0.29, 0.717) is 23.6 Å². The van der Waals surface area contributed by atoms with E-state index in [-0.39, 0.29) is 0 Å². The normalized spacial score (nSPS) is 24.7. The fourth-order valence-corrected chi connectivity index (χ4v) is 4.52. The molecule has 1 aromatic rings. The minimum Gasteiger partial charge on any atom is -0.337 e. The van der Waals surface area contributed by atoms with Crippen molar-refractivity contribution in [3.05, 3.63) is 30.1 Å². The predicted molar refractivity (Wildman–Crippen MR) is 95.4 cm³/mol. The maximum atomic E-state index is 12.6. The van der Waals surface area contributed by atoms with Gasteiger partial charge in [0.2, 0.25) is 5.91 Å². The zero-order valence-electron chi connectivity index (χ0n) is 14.0. The number of hydrogen-bond acceptors (Lipinski definition) is 4. The van der Waals surface area contributed by atoms with Gasteiger partial charge in [0.15, 0.2) is 0 Å². The number of rotatable bonds is 6. The minimum absolute atomic E-state index is 0.348. The average molecular weight is 334 g/mol. The number of amides is 1. The van der Waals surface area contributed by atoms with Crippen LogP contribution in [-0.2, 0) is 11.3 Å². The Bertz CT molecular complexity index is 510. The highest BCUT2D eigenvalue weighted by Gasteiger charge is 2.36. The minimum atomic E-state index is 0.348. The highest BCUT2D eigenvalue weighted by atomic mass is 32.2. The number of hydrogen-bond donors (Lipinski definition) is 0. The third kappa shape index (κ3) is 4.48. The number of fused-ring (bicyclic) bond motifs is 4. The molecule has 1 aromatic heterocycles. The molecule has 0 unspecified atom stereocenters. The van der Waals surface area contributed by atoms with Crippen LogP contribution in [0.2, 0.25) is 0 Å². The molecule has 0 aromatic carbocycles. The summed E-state index contributed by atoms with van der Waals surface area (Å²) in [6.45, 7) is 6.20. The molecule has 0 N–H and O–H groups in total. The Morgan fingerprint density at radius 1 is 1.35 bits per heavy atom. The fourth-order valence-electron chi connectivity index (χ4n) is 3.75. The molecule has 23 heavy (non-hydrogen) atoms. The van der Waals surface area contributed by atoms with E-state index >= 15 is 0 Å². The SMILES string of the molecule is CCCSCC(=O)N1C[C@H]2CC[C@@H]1CN(Cc1cccnc1)C2. The van der Waals surface area contributed by atoms with E-state index in [1.165, 1.54) is 18.4 Å². The van der Waals surface area contributed by atoms with Gasteiger partial charge in [-0.25, -0.2) is 0 Å². The molecular formula is C18H27N3OS. The molecule has 0 aliphatic carbocycles. The van der Waals surface area contributed by atoms with Crippen molar-refractivity contribution < 1.29 is 4.79 Å². The van der Waals surface area contributed by atoms with Crippen LogP contribution in [0.4, 0.5) is 0 Å². The molecule has 3 saturated heterocycles. The second-order valence-electron chi connectivity index (χ2n) is 6.75. The summed E-state index contributed by atoms with van der Waals surface area (Å²) < 4.78 is 0. The van der Waals surface area contributed by atoms with Crippen LogP contribution < -0.4 is 0 Å². The Kier molecular flexibility index (Phi) is 5.95. The van der Waals surface area contributed by atoms with Crippen LogP contribution in [0.3, 0.4) is 0 Å². The highest BCUT2D eigenvalue weighted by Crippen LogP contribution is 2.29. The van der Waals surface area contributed by atoms with Gasteiger partial charge in [0.1, 0.15) is 0 Å². The van der Waals surface area contributed by atoms with Gasteiger partial charge >= 0.3 is 0 Å². The third-order valence-electron chi connectivity index (χ3n) is 4.81. The second kappa shape index (κ2) is 8.15. The Hall–Kier alpha value is -1.07. The second-order valence-corrected chi connectivity index (χ2v) is 7.86. The largest absolute Gasteiger partial charge is 0.337 e. The average Bonchev–Trinajstić information content (AvgIpc) is 2.86. The molecule has 0 saturated carbocycles. The van der Waals surface area contributed by atoms with Gasteiger partial charge in [-0.2, -0.15) is 11.8 Å². The summed E-state index contributed by atoms with van der Waals surface area (Å²) in [5.74, 6) is 2.72. The summed E-state index contributed by atoms with van der Waals surface area (Å²) in [5, 5.41) is 0. The zero-order valence-corrected chi connectivity index (χ0v) is 14.8. The van der Waals surface area contributed by atoms with Crippen LogP contribution in [0.1, 0.15) is 31.7 Å². The van der Waals surface area contributed by atoms with Crippen molar-refractivity contribution in [2.45, 2.75) is 38.8 Å². The van der Waals surface area contributed by atoms with Gasteiger partial charge in [-0.05, 0) is 42.6 Å². The molecule has 1 amide bonds. The van der Waals surface area contributed by atoms with Crippen molar-refractivity contribution in [2.24, 2.45) is 5.92 Å². The van der Waals surface area contributed by atoms with Gasteiger partial charge in [-0.3, -0.25) is 14.7 Å². The smallest absolute Gasteiger partial charge is 0.232 e. The van der Waals surface area contributed by atoms with Gasteiger partial charge in [0.05, 0.1) is 5.75 Å². The predicted octanol–water partition coefficient (Wildman–Crippen LogP) is 2.65. The van der Waals surface area contributed by atoms with Crippen LogP contribution >= 0.6 is 11.8 Å². The Balaban J connectivity index is 1.60. The van der Waals surface area contributed by atoms with Gasteiger partial charge in [0.25, 0.3) is 0 Å². The van der Waals surface area contributed by atoms with Crippen molar-refractivity contribution in [2.75, 3.05) is 31.1 Å². The van der Waals surface area contributed by atoms with Crippen LogP contribution in [0.15, 0.2) is 24.5 Å². The number of aromatic nitrogens is 1. The molecule has 4 nitrogen and oxygen atoms in total. The molecule has 2 bridgehead atoms. The first-order valence-electron chi connectivity index (χ1n) is 8.74. The molecule has 3 aliphatic rings. The first kappa shape index (κ1) is 16.8. The lowest BCUT2D eigenvalue weighted by Crippen LogP contribution is -2.48. The van der Waals surface area contributed by atoms with Crippen LogP contribution in [-0.4, -0.2) is 57.9 Å². The molecule has 4 heterocycles. The number of thioether (sulfide) groups is 1. The Labute approximate surface area is 143 Å². The monoisotopic (exact) mass is 333 g/mol. The molecule has 3 fully saturated rings. The zero-order chi connectivity index (χ0) is 16.1. The Morgan fingerprint density at radius 3 is 3.04 bits per heavy atom. The van der Waals surface area contributed by atoms with E-state index in [4.69, 9.17) is 0 Å². The van der Waals surface area contributed by atoms with Gasteiger partial charge in [-0.1, -0.05) is 13.0 Å². The van der Waals surface area contributed by atoms with E-state index in [0.717, 1.165) is 38.4 Å². The number of nitrogens with zero attached hydrogens (tertiary/aromatic N) is 3. The summed E-state index contributed by atoms with van der Waals surface area (Å²) in [6.07, 6.45) is 7.35. The van der Waals surface area contributed by atoms with E-state index in [1.54, 1.807) is 11.8 Å². The number of carbonyl (C=O) groups is 1.